The van der Waals surface area contributed by atoms with Crippen LogP contribution < -0.4 is 10.1 Å². The number of piperidine rings is 1. The first kappa shape index (κ1) is 21.7. The Bertz CT molecular complexity index is 575. The molecular weight excluding hydrogens is 340 g/mol. The van der Waals surface area contributed by atoms with Crippen LogP contribution in [-0.2, 0) is 9.53 Å². The van der Waals surface area contributed by atoms with Crippen LogP contribution >= 0.6 is 0 Å². The number of nitrogens with zero attached hydrogens (tertiary/aromatic N) is 1. The molecule has 1 amide bonds. The van der Waals surface area contributed by atoms with Gasteiger partial charge in [0.1, 0.15) is 11.4 Å². The summed E-state index contributed by atoms with van der Waals surface area (Å²) in [6.45, 7) is 10.5. The van der Waals surface area contributed by atoms with Crippen LogP contribution in [0.25, 0.3) is 0 Å². The van der Waals surface area contributed by atoms with E-state index in [2.05, 4.69) is 17.1 Å². The second kappa shape index (κ2) is 10.7. The molecule has 152 valence electrons. The lowest BCUT2D eigenvalue weighted by Gasteiger charge is -2.30. The summed E-state index contributed by atoms with van der Waals surface area (Å²) in [6.07, 6.45) is 5.29. The van der Waals surface area contributed by atoms with Gasteiger partial charge >= 0.3 is 0 Å². The number of rotatable bonds is 10. The number of anilines is 1. The topological polar surface area (TPSA) is 50.8 Å². The van der Waals surface area contributed by atoms with Crippen LogP contribution in [0.1, 0.15) is 52.9 Å². The van der Waals surface area contributed by atoms with Crippen LogP contribution in [0.2, 0.25) is 0 Å². The van der Waals surface area contributed by atoms with Gasteiger partial charge in [0, 0.05) is 25.9 Å². The van der Waals surface area contributed by atoms with Crippen molar-refractivity contribution in [3.63, 3.8) is 0 Å². The number of likely N-dealkylation sites (tertiary alicyclic amines) is 1. The second-order valence-corrected chi connectivity index (χ2v) is 7.91. The van der Waals surface area contributed by atoms with E-state index in [0.717, 1.165) is 43.3 Å². The van der Waals surface area contributed by atoms with Crippen molar-refractivity contribution in [3.05, 3.63) is 24.3 Å². The van der Waals surface area contributed by atoms with E-state index in [1.54, 1.807) is 7.11 Å². The molecule has 1 aliphatic rings. The van der Waals surface area contributed by atoms with Crippen LogP contribution in [0.15, 0.2) is 24.3 Å². The second-order valence-electron chi connectivity index (χ2n) is 7.91. The van der Waals surface area contributed by atoms with E-state index in [1.165, 1.54) is 25.9 Å². The van der Waals surface area contributed by atoms with Crippen LogP contribution in [-0.4, -0.2) is 49.8 Å². The summed E-state index contributed by atoms with van der Waals surface area (Å²) >= 11 is 0. The zero-order chi connectivity index (χ0) is 19.7. The average molecular weight is 377 g/mol. The third-order valence-corrected chi connectivity index (χ3v) is 5.40. The SMILES string of the molecule is CCCC(C)(OC)C(=O)Nc1ccc(OCCCN2CCCC(C)C2)cc1. The Morgan fingerprint density at radius 3 is 2.70 bits per heavy atom. The van der Waals surface area contributed by atoms with Gasteiger partial charge in [-0.1, -0.05) is 20.3 Å². The zero-order valence-corrected chi connectivity index (χ0v) is 17.4. The lowest BCUT2D eigenvalue weighted by molar-refractivity contribution is -0.136. The normalized spacial score (nSPS) is 20.1. The molecule has 2 unspecified atom stereocenters. The fourth-order valence-electron chi connectivity index (χ4n) is 3.65. The molecule has 1 aliphatic heterocycles. The highest BCUT2D eigenvalue weighted by molar-refractivity contribution is 5.97. The fourth-order valence-corrected chi connectivity index (χ4v) is 3.65. The highest BCUT2D eigenvalue weighted by atomic mass is 16.5. The molecule has 1 fully saturated rings. The maximum atomic E-state index is 12.5. The van der Waals surface area contributed by atoms with Crippen molar-refractivity contribution in [1.82, 2.24) is 4.90 Å². The largest absolute Gasteiger partial charge is 0.494 e. The molecule has 27 heavy (non-hydrogen) atoms. The maximum Gasteiger partial charge on any atom is 0.256 e. The molecule has 0 aliphatic carbocycles. The van der Waals surface area contributed by atoms with Crippen molar-refractivity contribution in [2.24, 2.45) is 5.92 Å². The van der Waals surface area contributed by atoms with Gasteiger partial charge in [0.2, 0.25) is 0 Å². The summed E-state index contributed by atoms with van der Waals surface area (Å²) in [7, 11) is 1.58. The van der Waals surface area contributed by atoms with E-state index < -0.39 is 5.60 Å². The molecule has 1 heterocycles. The van der Waals surface area contributed by atoms with Gasteiger partial charge in [0.15, 0.2) is 0 Å². The number of hydrogen-bond donors (Lipinski definition) is 1. The van der Waals surface area contributed by atoms with Crippen molar-refractivity contribution < 1.29 is 14.3 Å². The molecule has 2 rings (SSSR count). The van der Waals surface area contributed by atoms with Gasteiger partial charge in [-0.15, -0.1) is 0 Å². The third kappa shape index (κ3) is 6.82. The van der Waals surface area contributed by atoms with Crippen LogP contribution in [0.4, 0.5) is 5.69 Å². The Kier molecular flexibility index (Phi) is 8.58. The van der Waals surface area contributed by atoms with Crippen molar-refractivity contribution in [2.45, 2.75) is 58.5 Å². The molecule has 1 N–H and O–H groups in total. The standard InChI is InChI=1S/C22H36N2O3/c1-5-13-22(3,26-4)21(25)23-19-9-11-20(12-10-19)27-16-7-15-24-14-6-8-18(2)17-24/h9-12,18H,5-8,13-17H2,1-4H3,(H,23,25). The Morgan fingerprint density at radius 2 is 2.07 bits per heavy atom. The van der Waals surface area contributed by atoms with Crippen LogP contribution in [0.5, 0.6) is 5.75 Å². The molecule has 1 saturated heterocycles. The molecule has 0 spiro atoms. The summed E-state index contributed by atoms with van der Waals surface area (Å²) in [5, 5.41) is 2.93. The van der Waals surface area contributed by atoms with E-state index in [-0.39, 0.29) is 5.91 Å². The number of nitrogens with one attached hydrogen (secondary N) is 1. The summed E-state index contributed by atoms with van der Waals surface area (Å²) in [4.78, 5) is 15.0. The highest BCUT2D eigenvalue weighted by Crippen LogP contribution is 2.21. The summed E-state index contributed by atoms with van der Waals surface area (Å²) < 4.78 is 11.3. The molecule has 0 aromatic heterocycles. The van der Waals surface area contributed by atoms with Crippen molar-refractivity contribution >= 4 is 11.6 Å². The minimum absolute atomic E-state index is 0.115. The van der Waals surface area contributed by atoms with E-state index in [4.69, 9.17) is 9.47 Å². The van der Waals surface area contributed by atoms with Crippen LogP contribution in [0.3, 0.4) is 0 Å². The Balaban J connectivity index is 1.74. The minimum Gasteiger partial charge on any atom is -0.494 e. The molecule has 0 radical (unpaired) electrons. The highest BCUT2D eigenvalue weighted by Gasteiger charge is 2.32. The Labute approximate surface area is 164 Å². The van der Waals surface area contributed by atoms with Crippen molar-refractivity contribution in [2.75, 3.05) is 38.7 Å². The number of methoxy groups -OCH3 is 1. The summed E-state index contributed by atoms with van der Waals surface area (Å²) in [6, 6.07) is 7.56. The number of benzene rings is 1. The van der Waals surface area contributed by atoms with Gasteiger partial charge in [0.25, 0.3) is 5.91 Å². The maximum absolute atomic E-state index is 12.5. The Morgan fingerprint density at radius 1 is 1.33 bits per heavy atom. The third-order valence-electron chi connectivity index (χ3n) is 5.40. The number of ether oxygens (including phenoxy) is 2. The molecule has 1 aromatic rings. The van der Waals surface area contributed by atoms with Gasteiger partial charge in [-0.3, -0.25) is 4.79 Å². The van der Waals surface area contributed by atoms with E-state index >= 15 is 0 Å². The molecule has 0 saturated carbocycles. The zero-order valence-electron chi connectivity index (χ0n) is 17.4. The number of carbonyl (C=O) groups is 1. The first-order valence-corrected chi connectivity index (χ1v) is 10.3. The quantitative estimate of drug-likeness (QED) is 0.618. The Hall–Kier alpha value is -1.59. The molecular formula is C22H36N2O3. The first-order valence-electron chi connectivity index (χ1n) is 10.3. The van der Waals surface area contributed by atoms with Crippen LogP contribution in [0, 0.1) is 5.92 Å². The average Bonchev–Trinajstić information content (AvgIpc) is 2.66. The number of amides is 1. The van der Waals surface area contributed by atoms with Crippen molar-refractivity contribution in [1.29, 1.82) is 0 Å². The van der Waals surface area contributed by atoms with E-state index in [0.29, 0.717) is 6.42 Å². The smallest absolute Gasteiger partial charge is 0.256 e. The van der Waals surface area contributed by atoms with Gasteiger partial charge in [-0.2, -0.15) is 0 Å². The minimum atomic E-state index is -0.796. The van der Waals surface area contributed by atoms with Gasteiger partial charge in [-0.25, -0.2) is 0 Å². The fraction of sp³-hybridized carbons (Fsp3) is 0.682. The molecule has 2 atom stereocenters. The predicted octanol–water partition coefficient (Wildman–Crippen LogP) is 4.33. The predicted molar refractivity (Wildman–Crippen MR) is 110 cm³/mol. The molecule has 1 aromatic carbocycles. The number of carbonyl (C=O) groups excluding carboxylic acids is 1. The molecule has 5 nitrogen and oxygen atoms in total. The lowest BCUT2D eigenvalue weighted by Crippen LogP contribution is -2.41. The first-order chi connectivity index (χ1) is 13.0. The van der Waals surface area contributed by atoms with Crippen molar-refractivity contribution in [3.8, 4) is 5.75 Å². The van der Waals surface area contributed by atoms with E-state index in [1.807, 2.05) is 38.1 Å². The summed E-state index contributed by atoms with van der Waals surface area (Å²) in [5.74, 6) is 1.54. The van der Waals surface area contributed by atoms with Gasteiger partial charge in [0.05, 0.1) is 6.61 Å². The number of hydrogen-bond acceptors (Lipinski definition) is 4. The molecule has 5 heteroatoms. The van der Waals surface area contributed by atoms with E-state index in [9.17, 15) is 4.79 Å². The summed E-state index contributed by atoms with van der Waals surface area (Å²) in [5.41, 5.74) is -0.0374. The lowest BCUT2D eigenvalue weighted by atomic mass is 9.99. The van der Waals surface area contributed by atoms with Gasteiger partial charge in [-0.05, 0) is 69.3 Å². The van der Waals surface area contributed by atoms with Gasteiger partial charge < -0.3 is 19.7 Å². The molecule has 0 bridgehead atoms. The monoisotopic (exact) mass is 376 g/mol.